The van der Waals surface area contributed by atoms with Crippen LogP contribution in [0.3, 0.4) is 0 Å². The highest BCUT2D eigenvalue weighted by atomic mass is 19.1. The van der Waals surface area contributed by atoms with E-state index in [0.29, 0.717) is 17.2 Å². The topological polar surface area (TPSA) is 93.9 Å². The molecule has 0 spiro atoms. The third-order valence-electron chi connectivity index (χ3n) is 6.61. The van der Waals surface area contributed by atoms with E-state index in [2.05, 4.69) is 5.32 Å². The number of halogens is 1. The van der Waals surface area contributed by atoms with Gasteiger partial charge in [0, 0.05) is 30.7 Å². The summed E-state index contributed by atoms with van der Waals surface area (Å²) in [5, 5.41) is 3.33. The SMILES string of the molecule is COc1cc(CC(=O)CN)ccc1-c1ccc2c(c1COc1cc(F)ccc1C)N(C)C(=O)C(C)(C)N2. The second-order valence-corrected chi connectivity index (χ2v) is 9.75. The zero-order valence-electron chi connectivity index (χ0n) is 21.8. The molecule has 0 radical (unpaired) electrons. The van der Waals surface area contributed by atoms with Gasteiger partial charge in [0.15, 0.2) is 5.78 Å². The van der Waals surface area contributed by atoms with Crippen LogP contribution in [-0.2, 0) is 22.6 Å². The van der Waals surface area contributed by atoms with Crippen molar-refractivity contribution in [2.24, 2.45) is 5.73 Å². The van der Waals surface area contributed by atoms with Gasteiger partial charge < -0.3 is 25.4 Å². The van der Waals surface area contributed by atoms with Crippen LogP contribution in [0.2, 0.25) is 0 Å². The van der Waals surface area contributed by atoms with Crippen LogP contribution in [0.15, 0.2) is 48.5 Å². The summed E-state index contributed by atoms with van der Waals surface area (Å²) in [7, 11) is 3.31. The first-order valence-electron chi connectivity index (χ1n) is 12.1. The molecule has 37 heavy (non-hydrogen) atoms. The van der Waals surface area contributed by atoms with Crippen LogP contribution in [0.1, 0.15) is 30.5 Å². The molecule has 0 aliphatic carbocycles. The van der Waals surface area contributed by atoms with Gasteiger partial charge in [-0.2, -0.15) is 0 Å². The number of nitrogens with two attached hydrogens (primary N) is 1. The van der Waals surface area contributed by atoms with Crippen LogP contribution >= 0.6 is 0 Å². The van der Waals surface area contributed by atoms with Gasteiger partial charge in [0.1, 0.15) is 29.5 Å². The monoisotopic (exact) mass is 505 g/mol. The number of ether oxygens (including phenoxy) is 2. The molecule has 1 amide bonds. The second kappa shape index (κ2) is 10.2. The molecule has 3 aromatic carbocycles. The predicted octanol–water partition coefficient (Wildman–Crippen LogP) is 4.63. The van der Waals surface area contributed by atoms with E-state index in [0.717, 1.165) is 33.5 Å². The van der Waals surface area contributed by atoms with Crippen molar-refractivity contribution in [3.8, 4) is 22.6 Å². The van der Waals surface area contributed by atoms with E-state index in [-0.39, 0.29) is 31.3 Å². The zero-order chi connectivity index (χ0) is 26.9. The van der Waals surface area contributed by atoms with Crippen molar-refractivity contribution in [3.63, 3.8) is 0 Å². The molecule has 194 valence electrons. The molecule has 0 bridgehead atoms. The van der Waals surface area contributed by atoms with Crippen molar-refractivity contribution in [3.05, 3.63) is 71.0 Å². The smallest absolute Gasteiger partial charge is 0.251 e. The lowest BCUT2D eigenvalue weighted by atomic mass is 9.91. The number of hydrogen-bond acceptors (Lipinski definition) is 6. The van der Waals surface area contributed by atoms with Crippen molar-refractivity contribution >= 4 is 23.1 Å². The Morgan fingerprint density at radius 2 is 1.81 bits per heavy atom. The van der Waals surface area contributed by atoms with Crippen LogP contribution in [0.5, 0.6) is 11.5 Å². The first-order chi connectivity index (χ1) is 17.6. The van der Waals surface area contributed by atoms with Crippen molar-refractivity contribution in [2.45, 2.75) is 39.3 Å². The Morgan fingerprint density at radius 1 is 1.08 bits per heavy atom. The summed E-state index contributed by atoms with van der Waals surface area (Å²) < 4.78 is 25.8. The van der Waals surface area contributed by atoms with Crippen molar-refractivity contribution in [2.75, 3.05) is 30.9 Å². The molecular weight excluding hydrogens is 473 g/mol. The Bertz CT molecular complexity index is 1370. The van der Waals surface area contributed by atoms with Crippen LogP contribution in [0.25, 0.3) is 11.1 Å². The number of benzene rings is 3. The average molecular weight is 506 g/mol. The number of hydrogen-bond donors (Lipinski definition) is 2. The highest BCUT2D eigenvalue weighted by molar-refractivity contribution is 6.08. The van der Waals surface area contributed by atoms with Gasteiger partial charge in [-0.3, -0.25) is 9.59 Å². The lowest BCUT2D eigenvalue weighted by Crippen LogP contribution is -2.52. The number of anilines is 2. The average Bonchev–Trinajstić information content (AvgIpc) is 2.87. The molecule has 3 N–H and O–H groups in total. The fourth-order valence-electron chi connectivity index (χ4n) is 4.68. The van der Waals surface area contributed by atoms with Crippen LogP contribution in [0.4, 0.5) is 15.8 Å². The lowest BCUT2D eigenvalue weighted by molar-refractivity contribution is -0.122. The number of methoxy groups -OCH3 is 1. The number of carbonyl (C=O) groups is 2. The van der Waals surface area contributed by atoms with E-state index in [1.807, 2.05) is 51.1 Å². The minimum atomic E-state index is -0.782. The third-order valence-corrected chi connectivity index (χ3v) is 6.61. The highest BCUT2D eigenvalue weighted by Crippen LogP contribution is 2.44. The number of rotatable bonds is 8. The van der Waals surface area contributed by atoms with E-state index >= 15 is 0 Å². The number of likely N-dealkylation sites (N-methyl/N-ethyl adjacent to an activating group) is 1. The molecular formula is C29H32FN3O4. The Hall–Kier alpha value is -3.91. The maximum absolute atomic E-state index is 14.0. The summed E-state index contributed by atoms with van der Waals surface area (Å²) in [6.45, 7) is 5.57. The van der Waals surface area contributed by atoms with Crippen molar-refractivity contribution in [1.82, 2.24) is 0 Å². The summed E-state index contributed by atoms with van der Waals surface area (Å²) in [5.41, 5.74) is 10.1. The molecule has 0 saturated heterocycles. The summed E-state index contributed by atoms with van der Waals surface area (Å²) in [5.74, 6) is 0.434. The van der Waals surface area contributed by atoms with E-state index in [9.17, 15) is 14.0 Å². The minimum Gasteiger partial charge on any atom is -0.496 e. The maximum atomic E-state index is 14.0. The number of amides is 1. The van der Waals surface area contributed by atoms with Gasteiger partial charge >= 0.3 is 0 Å². The molecule has 3 aromatic rings. The number of nitrogens with one attached hydrogen (secondary N) is 1. The molecule has 7 nitrogen and oxygen atoms in total. The molecule has 8 heteroatoms. The zero-order valence-corrected chi connectivity index (χ0v) is 21.8. The largest absolute Gasteiger partial charge is 0.496 e. The summed E-state index contributed by atoms with van der Waals surface area (Å²) in [6.07, 6.45) is 0.211. The molecule has 0 aromatic heterocycles. The predicted molar refractivity (Wildman–Crippen MR) is 143 cm³/mol. The normalized spacial score (nSPS) is 14.1. The van der Waals surface area contributed by atoms with Gasteiger partial charge in [0.2, 0.25) is 0 Å². The van der Waals surface area contributed by atoms with E-state index < -0.39 is 11.4 Å². The van der Waals surface area contributed by atoms with Crippen LogP contribution < -0.4 is 25.4 Å². The van der Waals surface area contributed by atoms with Gasteiger partial charge in [0.05, 0.1) is 25.0 Å². The van der Waals surface area contributed by atoms with E-state index in [4.69, 9.17) is 15.2 Å². The summed E-state index contributed by atoms with van der Waals surface area (Å²) >= 11 is 0. The second-order valence-electron chi connectivity index (χ2n) is 9.75. The fraction of sp³-hybridized carbons (Fsp3) is 0.310. The van der Waals surface area contributed by atoms with Gasteiger partial charge in [-0.15, -0.1) is 0 Å². The molecule has 0 atom stereocenters. The van der Waals surface area contributed by atoms with E-state index in [1.165, 1.54) is 12.1 Å². The first-order valence-corrected chi connectivity index (χ1v) is 12.1. The Balaban J connectivity index is 1.86. The maximum Gasteiger partial charge on any atom is 0.251 e. The first kappa shape index (κ1) is 26.2. The van der Waals surface area contributed by atoms with Crippen LogP contribution in [-0.4, -0.2) is 37.9 Å². The molecule has 1 aliphatic heterocycles. The number of nitrogens with zero attached hydrogens (tertiary/aromatic N) is 1. The quantitative estimate of drug-likeness (QED) is 0.464. The van der Waals surface area contributed by atoms with E-state index in [1.54, 1.807) is 25.1 Å². The number of fused-ring (bicyclic) bond motifs is 1. The summed E-state index contributed by atoms with van der Waals surface area (Å²) in [4.78, 5) is 26.7. The molecule has 1 heterocycles. The minimum absolute atomic E-state index is 0.0282. The Morgan fingerprint density at radius 3 is 2.51 bits per heavy atom. The van der Waals surface area contributed by atoms with Crippen molar-refractivity contribution in [1.29, 1.82) is 0 Å². The molecule has 1 aliphatic rings. The molecule has 0 fully saturated rings. The standard InChI is InChI=1S/C29H32FN3O4/c1-17-6-8-19(30)14-25(17)37-16-23-21(10-11-24-27(23)33(4)28(35)29(2,3)32-24)22-9-7-18(12-20(34)15-31)13-26(22)36-5/h6-11,13-14,32H,12,15-16,31H2,1-5H3. The van der Waals surface area contributed by atoms with Gasteiger partial charge in [0.25, 0.3) is 5.91 Å². The van der Waals surface area contributed by atoms with Gasteiger partial charge in [-0.25, -0.2) is 4.39 Å². The lowest BCUT2D eigenvalue weighted by Gasteiger charge is -2.39. The van der Waals surface area contributed by atoms with Gasteiger partial charge in [-0.1, -0.05) is 24.3 Å². The number of ketones is 1. The number of aryl methyl sites for hydroxylation is 1. The Labute approximate surface area is 216 Å². The highest BCUT2D eigenvalue weighted by Gasteiger charge is 2.38. The molecule has 0 unspecified atom stereocenters. The number of carbonyl (C=O) groups excluding carboxylic acids is 2. The van der Waals surface area contributed by atoms with Crippen LogP contribution in [0, 0.1) is 12.7 Å². The molecule has 0 saturated carbocycles. The van der Waals surface area contributed by atoms with Crippen molar-refractivity contribution < 1.29 is 23.5 Å². The number of Topliss-reactive ketones (excluding diaryl/α,β-unsaturated/α-hetero) is 1. The van der Waals surface area contributed by atoms with Gasteiger partial charge in [-0.05, 0) is 55.7 Å². The fourth-order valence-corrected chi connectivity index (χ4v) is 4.68. The molecule has 4 rings (SSSR count). The third kappa shape index (κ3) is 5.15. The summed E-state index contributed by atoms with van der Waals surface area (Å²) in [6, 6.07) is 13.8. The Kier molecular flexibility index (Phi) is 7.23.